The van der Waals surface area contributed by atoms with Gasteiger partial charge < -0.3 is 14.6 Å². The Morgan fingerprint density at radius 2 is 2.00 bits per heavy atom. The summed E-state index contributed by atoms with van der Waals surface area (Å²) in [5.41, 5.74) is 4.08. The number of para-hydroxylation sites is 1. The average Bonchev–Trinajstić information content (AvgIpc) is 3.13. The van der Waals surface area contributed by atoms with Crippen molar-refractivity contribution in [2.75, 3.05) is 18.4 Å². The molecule has 0 radical (unpaired) electrons. The van der Waals surface area contributed by atoms with E-state index in [2.05, 4.69) is 15.3 Å². The van der Waals surface area contributed by atoms with Crippen LogP contribution in [-0.2, 0) is 0 Å². The van der Waals surface area contributed by atoms with Crippen molar-refractivity contribution in [3.8, 4) is 0 Å². The van der Waals surface area contributed by atoms with Gasteiger partial charge in [0.05, 0.1) is 17.7 Å². The van der Waals surface area contributed by atoms with Gasteiger partial charge in [-0.1, -0.05) is 18.2 Å². The summed E-state index contributed by atoms with van der Waals surface area (Å²) in [6.07, 6.45) is 1.71. The van der Waals surface area contributed by atoms with Crippen LogP contribution in [0.1, 0.15) is 32.8 Å². The van der Waals surface area contributed by atoms with E-state index in [0.29, 0.717) is 29.3 Å². The monoisotopic (exact) mass is 322 g/mol. The van der Waals surface area contributed by atoms with E-state index >= 15 is 0 Å². The van der Waals surface area contributed by atoms with E-state index < -0.39 is 0 Å². The van der Waals surface area contributed by atoms with Crippen LogP contribution < -0.4 is 5.32 Å². The topological polar surface area (TPSA) is 70.2 Å². The molecule has 0 bridgehead atoms. The second-order valence-corrected chi connectivity index (χ2v) is 6.08. The van der Waals surface area contributed by atoms with Crippen LogP contribution in [0.5, 0.6) is 0 Å². The number of furan rings is 1. The molecular formula is C18H18N4O2. The van der Waals surface area contributed by atoms with Crippen molar-refractivity contribution in [2.45, 2.75) is 20.8 Å². The Bertz CT molecular complexity index is 888. The number of aliphatic imine (C=N–C) groups is 2. The van der Waals surface area contributed by atoms with E-state index in [1.807, 2.05) is 36.9 Å². The minimum absolute atomic E-state index is 0.193. The summed E-state index contributed by atoms with van der Waals surface area (Å²) in [5, 5.41) is 3.03. The molecule has 1 amide bonds. The highest BCUT2D eigenvalue weighted by atomic mass is 16.4. The molecule has 1 aromatic heterocycles. The number of fused-ring (bicyclic) bond motifs is 3. The first-order valence-corrected chi connectivity index (χ1v) is 7.93. The molecule has 0 atom stereocenters. The summed E-state index contributed by atoms with van der Waals surface area (Å²) >= 11 is 0. The number of hydrogen-bond donors (Lipinski definition) is 1. The van der Waals surface area contributed by atoms with Crippen molar-refractivity contribution in [3.63, 3.8) is 0 Å². The highest BCUT2D eigenvalue weighted by Gasteiger charge is 2.33. The minimum atomic E-state index is -0.193. The third-order valence-corrected chi connectivity index (χ3v) is 4.42. The van der Waals surface area contributed by atoms with Crippen LogP contribution >= 0.6 is 0 Å². The van der Waals surface area contributed by atoms with Gasteiger partial charge in [-0.2, -0.15) is 0 Å². The number of aryl methyl sites for hydroxylation is 3. The van der Waals surface area contributed by atoms with Gasteiger partial charge in [0.25, 0.3) is 5.91 Å². The second-order valence-electron chi connectivity index (χ2n) is 6.08. The molecule has 0 unspecified atom stereocenters. The predicted molar refractivity (Wildman–Crippen MR) is 93.6 cm³/mol. The Balaban J connectivity index is 1.77. The van der Waals surface area contributed by atoms with Crippen LogP contribution in [0.3, 0.4) is 0 Å². The molecule has 1 aromatic carbocycles. The zero-order valence-corrected chi connectivity index (χ0v) is 13.9. The van der Waals surface area contributed by atoms with Gasteiger partial charge >= 0.3 is 0 Å². The van der Waals surface area contributed by atoms with Crippen molar-refractivity contribution in [3.05, 3.63) is 46.2 Å². The minimum Gasteiger partial charge on any atom is -0.442 e. The lowest BCUT2D eigenvalue weighted by atomic mass is 10.1. The Labute approximate surface area is 139 Å². The maximum Gasteiger partial charge on any atom is 0.260 e. The van der Waals surface area contributed by atoms with Crippen molar-refractivity contribution < 1.29 is 9.21 Å². The van der Waals surface area contributed by atoms with Gasteiger partial charge in [0.15, 0.2) is 0 Å². The molecule has 2 aliphatic heterocycles. The molecule has 0 aliphatic carbocycles. The van der Waals surface area contributed by atoms with E-state index in [4.69, 9.17) is 4.42 Å². The van der Waals surface area contributed by atoms with E-state index in [1.54, 1.807) is 13.3 Å². The van der Waals surface area contributed by atoms with Crippen molar-refractivity contribution in [1.29, 1.82) is 0 Å². The number of rotatable bonds is 2. The molecule has 3 heterocycles. The summed E-state index contributed by atoms with van der Waals surface area (Å²) in [7, 11) is 0. The van der Waals surface area contributed by atoms with Crippen LogP contribution in [0.15, 0.2) is 32.6 Å². The van der Waals surface area contributed by atoms with Gasteiger partial charge in [-0.3, -0.25) is 9.79 Å². The van der Waals surface area contributed by atoms with Crippen molar-refractivity contribution in [2.24, 2.45) is 9.98 Å². The van der Waals surface area contributed by atoms with Gasteiger partial charge in [-0.15, -0.1) is 0 Å². The summed E-state index contributed by atoms with van der Waals surface area (Å²) in [4.78, 5) is 23.7. The molecule has 2 aliphatic rings. The molecule has 1 N–H and O–H groups in total. The number of anilines is 1. The molecule has 4 rings (SSSR count). The Hall–Kier alpha value is -2.89. The van der Waals surface area contributed by atoms with E-state index in [0.717, 1.165) is 29.2 Å². The largest absolute Gasteiger partial charge is 0.442 e. The number of nitrogens with one attached hydrogen (secondary N) is 1. The maximum absolute atomic E-state index is 13.0. The van der Waals surface area contributed by atoms with Crippen LogP contribution in [0, 0.1) is 20.8 Å². The molecule has 24 heavy (non-hydrogen) atoms. The van der Waals surface area contributed by atoms with Crippen LogP contribution in [-0.4, -0.2) is 36.1 Å². The maximum atomic E-state index is 13.0. The first kappa shape index (κ1) is 14.7. The lowest BCUT2D eigenvalue weighted by molar-refractivity contribution is 0.102. The van der Waals surface area contributed by atoms with Crippen molar-refractivity contribution >= 4 is 29.7 Å². The summed E-state index contributed by atoms with van der Waals surface area (Å²) in [6, 6.07) is 5.94. The average molecular weight is 322 g/mol. The summed E-state index contributed by atoms with van der Waals surface area (Å²) in [6.45, 7) is 7.22. The standard InChI is InChI=1S/C18H18N4O2/c1-10-5-4-6-11(2)15(10)21-17(23)13-12(3)24-18-14(13)16-19-7-8-22(16)9-20-18/h4-6,9H,7-8H2,1-3H3,(H,21,23). The second kappa shape index (κ2) is 5.33. The summed E-state index contributed by atoms with van der Waals surface area (Å²) < 4.78 is 5.70. The Kier molecular flexibility index (Phi) is 3.26. The third kappa shape index (κ3) is 2.14. The smallest absolute Gasteiger partial charge is 0.260 e. The molecule has 0 saturated carbocycles. The van der Waals surface area contributed by atoms with Gasteiger partial charge in [-0.25, -0.2) is 4.99 Å². The van der Waals surface area contributed by atoms with Gasteiger partial charge in [0.2, 0.25) is 5.88 Å². The van der Waals surface area contributed by atoms with Gasteiger partial charge in [0, 0.05) is 12.2 Å². The SMILES string of the molecule is Cc1cccc(C)c1NC(=O)c1c(C)oc2c1C1=NCCN1C=N2. The Morgan fingerprint density at radius 1 is 1.25 bits per heavy atom. The highest BCUT2D eigenvalue weighted by molar-refractivity contribution is 6.19. The zero-order valence-electron chi connectivity index (χ0n) is 13.9. The molecule has 122 valence electrons. The van der Waals surface area contributed by atoms with Crippen molar-refractivity contribution in [1.82, 2.24) is 4.90 Å². The van der Waals surface area contributed by atoms with Crippen LogP contribution in [0.4, 0.5) is 11.6 Å². The predicted octanol–water partition coefficient (Wildman–Crippen LogP) is 3.19. The van der Waals surface area contributed by atoms with Gasteiger partial charge in [-0.05, 0) is 31.9 Å². The summed E-state index contributed by atoms with van der Waals surface area (Å²) in [5.74, 6) is 1.58. The number of nitrogens with zero attached hydrogens (tertiary/aromatic N) is 3. The Morgan fingerprint density at radius 3 is 2.75 bits per heavy atom. The fourth-order valence-corrected chi connectivity index (χ4v) is 3.21. The number of amidine groups is 1. The van der Waals surface area contributed by atoms with Crippen LogP contribution in [0.25, 0.3) is 0 Å². The molecule has 6 nitrogen and oxygen atoms in total. The highest BCUT2D eigenvalue weighted by Crippen LogP contribution is 2.35. The van der Waals surface area contributed by atoms with E-state index in [1.165, 1.54) is 0 Å². The number of benzene rings is 1. The fraction of sp³-hybridized carbons (Fsp3) is 0.278. The van der Waals surface area contributed by atoms with Gasteiger partial charge in [0.1, 0.15) is 17.9 Å². The number of carbonyl (C=O) groups is 1. The molecule has 6 heteroatoms. The number of amides is 1. The lowest BCUT2D eigenvalue weighted by Gasteiger charge is -2.18. The molecule has 0 saturated heterocycles. The number of carbonyl (C=O) groups excluding carboxylic acids is 1. The number of hydrogen-bond acceptors (Lipinski definition) is 5. The lowest BCUT2D eigenvalue weighted by Crippen LogP contribution is -2.30. The van der Waals surface area contributed by atoms with E-state index in [9.17, 15) is 4.79 Å². The van der Waals surface area contributed by atoms with E-state index in [-0.39, 0.29) is 5.91 Å². The molecule has 0 fully saturated rings. The quantitative estimate of drug-likeness (QED) is 0.923. The fourth-order valence-electron chi connectivity index (χ4n) is 3.21. The normalized spacial score (nSPS) is 15.1. The van der Waals surface area contributed by atoms with Crippen LogP contribution in [0.2, 0.25) is 0 Å². The zero-order chi connectivity index (χ0) is 16.8. The third-order valence-electron chi connectivity index (χ3n) is 4.42. The first-order chi connectivity index (χ1) is 11.6. The molecule has 2 aromatic rings. The molecular weight excluding hydrogens is 304 g/mol. The first-order valence-electron chi connectivity index (χ1n) is 7.93. The molecule has 0 spiro atoms.